The highest BCUT2D eigenvalue weighted by molar-refractivity contribution is 7.89. The van der Waals surface area contributed by atoms with Crippen LogP contribution in [0.15, 0.2) is 30.3 Å². The molecule has 2 heterocycles. The van der Waals surface area contributed by atoms with E-state index in [1.54, 1.807) is 11.8 Å². The predicted molar refractivity (Wildman–Crippen MR) is 91.2 cm³/mol. The lowest BCUT2D eigenvalue weighted by Gasteiger charge is -2.26. The molecule has 1 amide bonds. The van der Waals surface area contributed by atoms with Crippen molar-refractivity contribution in [1.29, 1.82) is 0 Å². The smallest absolute Gasteiger partial charge is 0.241 e. The van der Waals surface area contributed by atoms with Crippen LogP contribution in [-0.2, 0) is 14.8 Å². The maximum Gasteiger partial charge on any atom is 0.241 e. The van der Waals surface area contributed by atoms with Crippen molar-refractivity contribution in [1.82, 2.24) is 9.21 Å². The van der Waals surface area contributed by atoms with Crippen molar-refractivity contribution in [2.24, 2.45) is 0 Å². The number of para-hydroxylation sites is 1. The van der Waals surface area contributed by atoms with E-state index in [1.165, 1.54) is 4.31 Å². The first-order chi connectivity index (χ1) is 11.5. The Balaban J connectivity index is 1.77. The zero-order valence-electron chi connectivity index (χ0n) is 13.9. The molecule has 0 aliphatic carbocycles. The molecule has 0 radical (unpaired) electrons. The Kier molecular flexibility index (Phi) is 5.10. The number of carbonyl (C=O) groups excluding carboxylic acids is 1. The molecule has 0 N–H and O–H groups in total. The molecule has 24 heavy (non-hydrogen) atoms. The first kappa shape index (κ1) is 17.2. The van der Waals surface area contributed by atoms with E-state index in [9.17, 15) is 13.2 Å². The lowest BCUT2D eigenvalue weighted by molar-refractivity contribution is -0.133. The number of hydrogen-bond donors (Lipinski definition) is 0. The quantitative estimate of drug-likeness (QED) is 0.805. The first-order valence-electron chi connectivity index (χ1n) is 8.51. The number of likely N-dealkylation sites (tertiary alicyclic amines) is 1. The molecule has 132 valence electrons. The predicted octanol–water partition coefficient (Wildman–Crippen LogP) is 1.48. The number of ether oxygens (including phenoxy) is 1. The van der Waals surface area contributed by atoms with Crippen LogP contribution in [0.4, 0.5) is 0 Å². The second-order valence-electron chi connectivity index (χ2n) is 6.31. The second kappa shape index (κ2) is 7.11. The van der Waals surface area contributed by atoms with Crippen LogP contribution < -0.4 is 4.74 Å². The number of hydrogen-bond acceptors (Lipinski definition) is 4. The Hall–Kier alpha value is -1.60. The van der Waals surface area contributed by atoms with Crippen molar-refractivity contribution in [3.05, 3.63) is 30.3 Å². The molecular weight excluding hydrogens is 328 g/mol. The minimum absolute atomic E-state index is 0.00512. The van der Waals surface area contributed by atoms with E-state index in [0.29, 0.717) is 12.2 Å². The normalized spacial score (nSPS) is 25.1. The molecule has 2 atom stereocenters. The fraction of sp³-hybridized carbons (Fsp3) is 0.588. The summed E-state index contributed by atoms with van der Waals surface area (Å²) in [5, 5.41) is 0. The standard InChI is InChI=1S/C17H24N2O4S/c1-2-24(21,22)19-13-15(23-14-8-4-3-5-9-14)12-16(19)17(20)18-10-6-7-11-18/h3-5,8-9,15-16H,2,6-7,10-13H2,1H3/t15-,16-/m0/s1. The van der Waals surface area contributed by atoms with Crippen LogP contribution in [0.5, 0.6) is 5.75 Å². The second-order valence-corrected chi connectivity index (χ2v) is 8.52. The van der Waals surface area contributed by atoms with Crippen molar-refractivity contribution in [3.8, 4) is 5.75 Å². The molecule has 2 aliphatic rings. The molecule has 7 heteroatoms. The fourth-order valence-electron chi connectivity index (χ4n) is 3.39. The lowest BCUT2D eigenvalue weighted by atomic mass is 10.2. The molecule has 1 aromatic rings. The van der Waals surface area contributed by atoms with Crippen LogP contribution in [0.1, 0.15) is 26.2 Å². The molecule has 0 unspecified atom stereocenters. The summed E-state index contributed by atoms with van der Waals surface area (Å²) in [4.78, 5) is 14.6. The van der Waals surface area contributed by atoms with Gasteiger partial charge in [-0.2, -0.15) is 4.31 Å². The molecule has 6 nitrogen and oxygen atoms in total. The highest BCUT2D eigenvalue weighted by Crippen LogP contribution is 2.28. The lowest BCUT2D eigenvalue weighted by Crippen LogP contribution is -2.47. The Morgan fingerprint density at radius 1 is 1.21 bits per heavy atom. The van der Waals surface area contributed by atoms with E-state index in [2.05, 4.69) is 0 Å². The largest absolute Gasteiger partial charge is 0.489 e. The SMILES string of the molecule is CCS(=O)(=O)N1C[C@@H](Oc2ccccc2)C[C@H]1C(=O)N1CCCC1. The van der Waals surface area contributed by atoms with E-state index in [4.69, 9.17) is 4.74 Å². The summed E-state index contributed by atoms with van der Waals surface area (Å²) in [6, 6.07) is 8.69. The molecular formula is C17H24N2O4S. The van der Waals surface area contributed by atoms with Gasteiger partial charge in [-0.05, 0) is 31.9 Å². The minimum atomic E-state index is -3.44. The highest BCUT2D eigenvalue weighted by atomic mass is 32.2. The summed E-state index contributed by atoms with van der Waals surface area (Å²) in [5.41, 5.74) is 0. The van der Waals surface area contributed by atoms with Gasteiger partial charge in [0.15, 0.2) is 0 Å². The Bertz CT molecular complexity index is 671. The maximum absolute atomic E-state index is 12.8. The zero-order valence-corrected chi connectivity index (χ0v) is 14.7. The van der Waals surface area contributed by atoms with Gasteiger partial charge in [0.05, 0.1) is 12.3 Å². The van der Waals surface area contributed by atoms with E-state index in [-0.39, 0.29) is 24.3 Å². The number of benzene rings is 1. The van der Waals surface area contributed by atoms with Crippen molar-refractivity contribution >= 4 is 15.9 Å². The fourth-order valence-corrected chi connectivity index (χ4v) is 4.68. The van der Waals surface area contributed by atoms with Crippen LogP contribution in [0.2, 0.25) is 0 Å². The molecule has 0 spiro atoms. The molecule has 0 aromatic heterocycles. The van der Waals surface area contributed by atoms with Gasteiger partial charge < -0.3 is 9.64 Å². The van der Waals surface area contributed by atoms with Crippen molar-refractivity contribution in [2.75, 3.05) is 25.4 Å². The molecule has 2 saturated heterocycles. The van der Waals surface area contributed by atoms with Gasteiger partial charge in [0, 0.05) is 19.5 Å². The monoisotopic (exact) mass is 352 g/mol. The molecule has 2 aliphatic heterocycles. The van der Waals surface area contributed by atoms with Crippen LogP contribution in [0.25, 0.3) is 0 Å². The third-order valence-electron chi connectivity index (χ3n) is 4.69. The summed E-state index contributed by atoms with van der Waals surface area (Å²) >= 11 is 0. The van der Waals surface area contributed by atoms with Gasteiger partial charge in [0.25, 0.3) is 0 Å². The number of amides is 1. The summed E-state index contributed by atoms with van der Waals surface area (Å²) < 4.78 is 32.1. The van der Waals surface area contributed by atoms with Crippen LogP contribution >= 0.6 is 0 Å². The first-order valence-corrected chi connectivity index (χ1v) is 10.1. The maximum atomic E-state index is 12.8. The Morgan fingerprint density at radius 3 is 2.50 bits per heavy atom. The third kappa shape index (κ3) is 3.57. The van der Waals surface area contributed by atoms with Gasteiger partial charge in [-0.25, -0.2) is 8.42 Å². The van der Waals surface area contributed by atoms with E-state index in [1.807, 2.05) is 30.3 Å². The zero-order chi connectivity index (χ0) is 17.2. The highest BCUT2D eigenvalue weighted by Gasteiger charge is 2.45. The van der Waals surface area contributed by atoms with Gasteiger partial charge in [0.1, 0.15) is 17.9 Å². The van der Waals surface area contributed by atoms with Gasteiger partial charge in [-0.3, -0.25) is 4.79 Å². The van der Waals surface area contributed by atoms with Crippen molar-refractivity contribution in [2.45, 2.75) is 38.3 Å². The topological polar surface area (TPSA) is 66.9 Å². The van der Waals surface area contributed by atoms with E-state index >= 15 is 0 Å². The average Bonchev–Trinajstić information content (AvgIpc) is 3.25. The number of rotatable bonds is 5. The van der Waals surface area contributed by atoms with Crippen molar-refractivity contribution in [3.63, 3.8) is 0 Å². The molecule has 0 saturated carbocycles. The summed E-state index contributed by atoms with van der Waals surface area (Å²) in [5.74, 6) is 0.615. The number of carbonyl (C=O) groups is 1. The van der Waals surface area contributed by atoms with Crippen LogP contribution in [-0.4, -0.2) is 61.1 Å². The Morgan fingerprint density at radius 2 is 1.88 bits per heavy atom. The van der Waals surface area contributed by atoms with E-state index in [0.717, 1.165) is 25.9 Å². The van der Waals surface area contributed by atoms with Crippen LogP contribution in [0.3, 0.4) is 0 Å². The van der Waals surface area contributed by atoms with Gasteiger partial charge in [-0.15, -0.1) is 0 Å². The van der Waals surface area contributed by atoms with Crippen LogP contribution in [0, 0.1) is 0 Å². The molecule has 0 bridgehead atoms. The minimum Gasteiger partial charge on any atom is -0.489 e. The molecule has 1 aromatic carbocycles. The number of nitrogens with zero attached hydrogens (tertiary/aromatic N) is 2. The average molecular weight is 352 g/mol. The summed E-state index contributed by atoms with van der Waals surface area (Å²) in [6.45, 7) is 3.28. The van der Waals surface area contributed by atoms with E-state index < -0.39 is 16.1 Å². The Labute approximate surface area is 143 Å². The number of sulfonamides is 1. The van der Waals surface area contributed by atoms with Gasteiger partial charge >= 0.3 is 0 Å². The molecule has 3 rings (SSSR count). The summed E-state index contributed by atoms with van der Waals surface area (Å²) in [6.07, 6.45) is 2.08. The van der Waals surface area contributed by atoms with Crippen molar-refractivity contribution < 1.29 is 17.9 Å². The van der Waals surface area contributed by atoms with Gasteiger partial charge in [0.2, 0.25) is 15.9 Å². The summed E-state index contributed by atoms with van der Waals surface area (Å²) in [7, 11) is -3.44. The van der Waals surface area contributed by atoms with Gasteiger partial charge in [-0.1, -0.05) is 18.2 Å². The molecule has 2 fully saturated rings. The third-order valence-corrected chi connectivity index (χ3v) is 6.54.